The van der Waals surface area contributed by atoms with Crippen LogP contribution in [-0.2, 0) is 28.9 Å². The molecule has 0 aromatic heterocycles. The smallest absolute Gasteiger partial charge is 0.231 e. The van der Waals surface area contributed by atoms with Crippen molar-refractivity contribution in [1.82, 2.24) is 5.32 Å². The molecule has 0 aliphatic heterocycles. The molecule has 0 unspecified atom stereocenters. The fourth-order valence-corrected chi connectivity index (χ4v) is 3.86. The van der Waals surface area contributed by atoms with Gasteiger partial charge in [-0.2, -0.15) is 0 Å². The number of ketones is 1. The summed E-state index contributed by atoms with van der Waals surface area (Å²) >= 11 is 0. The Morgan fingerprint density at radius 2 is 1.51 bits per heavy atom. The van der Waals surface area contributed by atoms with E-state index in [9.17, 15) is 9.59 Å². The van der Waals surface area contributed by atoms with Gasteiger partial charge in [-0.1, -0.05) is 48.5 Å². The van der Waals surface area contributed by atoms with Gasteiger partial charge in [0.25, 0.3) is 0 Å². The van der Waals surface area contributed by atoms with Crippen LogP contribution in [-0.4, -0.2) is 45.0 Å². The maximum absolute atomic E-state index is 13.2. The predicted octanol–water partition coefficient (Wildman–Crippen LogP) is 3.50. The van der Waals surface area contributed by atoms with E-state index in [1.165, 1.54) is 0 Å². The number of rotatable bonds is 12. The number of methoxy groups -OCH3 is 3. The highest BCUT2D eigenvalue weighted by Gasteiger charge is 2.20. The molecule has 8 heteroatoms. The first-order valence-electron chi connectivity index (χ1n) is 12.0. The van der Waals surface area contributed by atoms with Gasteiger partial charge in [-0.05, 0) is 47.4 Å². The van der Waals surface area contributed by atoms with Crippen molar-refractivity contribution in [3.8, 4) is 17.2 Å². The molecule has 3 aromatic carbocycles. The molecule has 0 aliphatic rings. The summed E-state index contributed by atoms with van der Waals surface area (Å²) in [5.41, 5.74) is 8.75. The minimum atomic E-state index is -0.733. The topological polar surface area (TPSA) is 112 Å². The van der Waals surface area contributed by atoms with Crippen LogP contribution in [0.3, 0.4) is 0 Å². The van der Waals surface area contributed by atoms with Gasteiger partial charge < -0.3 is 19.9 Å². The lowest BCUT2D eigenvalue weighted by molar-refractivity contribution is -0.121. The lowest BCUT2D eigenvalue weighted by Crippen LogP contribution is -2.40. The minimum absolute atomic E-state index is 0.0778. The minimum Gasteiger partial charge on any atom is -0.497 e. The van der Waals surface area contributed by atoms with Crippen LogP contribution in [0, 0.1) is 0 Å². The quantitative estimate of drug-likeness (QED) is 0.289. The first-order chi connectivity index (χ1) is 17.9. The van der Waals surface area contributed by atoms with Gasteiger partial charge >= 0.3 is 0 Å². The maximum atomic E-state index is 13.2. The SMILES string of the molecule is COc1ccc(CC(=O)NC(N)=N[C@H](Cc2ccccc2)C(=O)CCc2ccc(OC)c(OC)c2)cc1. The summed E-state index contributed by atoms with van der Waals surface area (Å²) in [5, 5.41) is 2.60. The molecule has 0 aliphatic carbocycles. The largest absolute Gasteiger partial charge is 0.497 e. The number of aliphatic imine (C=N–C) groups is 1. The Bertz CT molecular complexity index is 1210. The Balaban J connectivity index is 1.68. The van der Waals surface area contributed by atoms with E-state index in [1.54, 1.807) is 33.5 Å². The summed E-state index contributed by atoms with van der Waals surface area (Å²) in [6, 6.07) is 21.6. The highest BCUT2D eigenvalue weighted by molar-refractivity contribution is 5.98. The average molecular weight is 504 g/mol. The average Bonchev–Trinajstić information content (AvgIpc) is 2.92. The summed E-state index contributed by atoms with van der Waals surface area (Å²) in [7, 11) is 4.73. The number of hydrogen-bond acceptors (Lipinski definition) is 6. The van der Waals surface area contributed by atoms with E-state index in [2.05, 4.69) is 10.3 Å². The number of aryl methyl sites for hydroxylation is 1. The van der Waals surface area contributed by atoms with Crippen LogP contribution in [0.15, 0.2) is 77.8 Å². The van der Waals surface area contributed by atoms with Crippen LogP contribution >= 0.6 is 0 Å². The van der Waals surface area contributed by atoms with Gasteiger partial charge in [0.15, 0.2) is 23.2 Å². The maximum Gasteiger partial charge on any atom is 0.231 e. The summed E-state index contributed by atoms with van der Waals surface area (Å²) in [4.78, 5) is 30.1. The van der Waals surface area contributed by atoms with Crippen LogP contribution in [0.4, 0.5) is 0 Å². The van der Waals surface area contributed by atoms with Crippen LogP contribution in [0.2, 0.25) is 0 Å². The Morgan fingerprint density at radius 1 is 0.838 bits per heavy atom. The number of Topliss-reactive ketones (excluding diaryl/α,β-unsaturated/α-hetero) is 1. The normalized spacial score (nSPS) is 11.9. The number of benzene rings is 3. The molecule has 3 rings (SSSR count). The summed E-state index contributed by atoms with van der Waals surface area (Å²) in [5.74, 6) is 1.46. The number of hydrogen-bond donors (Lipinski definition) is 2. The number of amides is 1. The monoisotopic (exact) mass is 503 g/mol. The predicted molar refractivity (Wildman–Crippen MR) is 143 cm³/mol. The van der Waals surface area contributed by atoms with E-state index in [-0.39, 0.29) is 30.5 Å². The van der Waals surface area contributed by atoms with Crippen molar-refractivity contribution in [3.05, 3.63) is 89.5 Å². The molecule has 0 spiro atoms. The van der Waals surface area contributed by atoms with Crippen molar-refractivity contribution in [1.29, 1.82) is 0 Å². The first kappa shape index (κ1) is 27.3. The number of nitrogens with one attached hydrogen (secondary N) is 1. The third-order valence-corrected chi connectivity index (χ3v) is 5.84. The molecular formula is C29H33N3O5. The second kappa shape index (κ2) is 13.7. The molecule has 1 amide bonds. The number of carbonyl (C=O) groups is 2. The van der Waals surface area contributed by atoms with Crippen LogP contribution < -0.4 is 25.3 Å². The van der Waals surface area contributed by atoms with E-state index in [0.717, 1.165) is 16.7 Å². The summed E-state index contributed by atoms with van der Waals surface area (Å²) < 4.78 is 15.8. The lowest BCUT2D eigenvalue weighted by atomic mass is 9.98. The number of carbonyl (C=O) groups excluding carboxylic acids is 2. The second-order valence-electron chi connectivity index (χ2n) is 8.45. The van der Waals surface area contributed by atoms with E-state index in [0.29, 0.717) is 30.1 Å². The van der Waals surface area contributed by atoms with Gasteiger partial charge in [0.1, 0.15) is 11.8 Å². The molecule has 37 heavy (non-hydrogen) atoms. The van der Waals surface area contributed by atoms with Crippen molar-refractivity contribution in [3.63, 3.8) is 0 Å². The zero-order valence-corrected chi connectivity index (χ0v) is 21.4. The third kappa shape index (κ3) is 8.38. The van der Waals surface area contributed by atoms with Crippen molar-refractivity contribution >= 4 is 17.6 Å². The van der Waals surface area contributed by atoms with E-state index >= 15 is 0 Å². The Hall–Kier alpha value is -4.33. The number of guanidine groups is 1. The summed E-state index contributed by atoms with van der Waals surface area (Å²) in [6.45, 7) is 0. The molecule has 3 aromatic rings. The number of ether oxygens (including phenoxy) is 3. The first-order valence-corrected chi connectivity index (χ1v) is 12.0. The van der Waals surface area contributed by atoms with Gasteiger partial charge in [-0.15, -0.1) is 0 Å². The van der Waals surface area contributed by atoms with Gasteiger partial charge in [0.2, 0.25) is 5.91 Å². The third-order valence-electron chi connectivity index (χ3n) is 5.84. The zero-order chi connectivity index (χ0) is 26.6. The molecule has 0 saturated carbocycles. The molecule has 0 fully saturated rings. The molecule has 3 N–H and O–H groups in total. The molecule has 0 saturated heterocycles. The fraction of sp³-hybridized carbons (Fsp3) is 0.276. The van der Waals surface area contributed by atoms with E-state index in [1.807, 2.05) is 60.7 Å². The van der Waals surface area contributed by atoms with Crippen molar-refractivity contribution in [2.75, 3.05) is 21.3 Å². The molecule has 8 nitrogen and oxygen atoms in total. The lowest BCUT2D eigenvalue weighted by Gasteiger charge is -2.14. The van der Waals surface area contributed by atoms with Crippen LogP contribution in [0.25, 0.3) is 0 Å². The molecule has 0 bridgehead atoms. The van der Waals surface area contributed by atoms with Crippen molar-refractivity contribution < 1.29 is 23.8 Å². The standard InChI is InChI=1S/C29H33N3O5/c1-35-23-13-9-22(10-14-23)19-28(34)32-29(30)31-24(17-20-7-5-4-6-8-20)25(33)15-11-21-12-16-26(36-2)27(18-21)37-3/h4-10,12-14,16,18,24H,11,15,17,19H2,1-3H3,(H3,30,31,32,34)/t24-/m1/s1. The Labute approximate surface area is 217 Å². The highest BCUT2D eigenvalue weighted by atomic mass is 16.5. The number of nitrogens with two attached hydrogens (primary N) is 1. The summed E-state index contributed by atoms with van der Waals surface area (Å²) in [6.07, 6.45) is 1.25. The molecule has 0 heterocycles. The molecular weight excluding hydrogens is 470 g/mol. The highest BCUT2D eigenvalue weighted by Crippen LogP contribution is 2.28. The van der Waals surface area contributed by atoms with Crippen molar-refractivity contribution in [2.24, 2.45) is 10.7 Å². The molecule has 194 valence electrons. The fourth-order valence-electron chi connectivity index (χ4n) is 3.86. The molecule has 1 atom stereocenters. The Morgan fingerprint density at radius 3 is 2.16 bits per heavy atom. The second-order valence-corrected chi connectivity index (χ2v) is 8.45. The van der Waals surface area contributed by atoms with Crippen LogP contribution in [0.1, 0.15) is 23.1 Å². The van der Waals surface area contributed by atoms with Gasteiger partial charge in [0, 0.05) is 12.8 Å². The van der Waals surface area contributed by atoms with Gasteiger partial charge in [0.05, 0.1) is 27.8 Å². The van der Waals surface area contributed by atoms with Crippen LogP contribution in [0.5, 0.6) is 17.2 Å². The van der Waals surface area contributed by atoms with Gasteiger partial charge in [-0.25, -0.2) is 4.99 Å². The van der Waals surface area contributed by atoms with Crippen molar-refractivity contribution in [2.45, 2.75) is 31.7 Å². The van der Waals surface area contributed by atoms with Gasteiger partial charge in [-0.3, -0.25) is 14.9 Å². The Kier molecular flexibility index (Phi) is 10.1. The van der Waals surface area contributed by atoms with E-state index < -0.39 is 6.04 Å². The number of nitrogens with zero attached hydrogens (tertiary/aromatic N) is 1. The zero-order valence-electron chi connectivity index (χ0n) is 21.4. The molecule has 0 radical (unpaired) electrons. The van der Waals surface area contributed by atoms with E-state index in [4.69, 9.17) is 19.9 Å².